The smallest absolute Gasteiger partial charge is 0.263 e. The van der Waals surface area contributed by atoms with Gasteiger partial charge in [0.1, 0.15) is 11.0 Å². The molecule has 0 bridgehead atoms. The third-order valence-electron chi connectivity index (χ3n) is 2.66. The molecule has 6 heteroatoms. The number of nitrogens with one attached hydrogen (secondary N) is 1. The van der Waals surface area contributed by atoms with Crippen molar-refractivity contribution in [3.8, 4) is 6.07 Å². The number of aryl methyl sites for hydroxylation is 1. The van der Waals surface area contributed by atoms with Crippen LogP contribution in [0, 0.1) is 18.3 Å². The second-order valence-electron chi connectivity index (χ2n) is 4.20. The van der Waals surface area contributed by atoms with Gasteiger partial charge in [0, 0.05) is 4.47 Å². The zero-order chi connectivity index (χ0) is 14.8. The first-order chi connectivity index (χ1) is 9.44. The zero-order valence-corrected chi connectivity index (χ0v) is 13.0. The summed E-state index contributed by atoms with van der Waals surface area (Å²) in [7, 11) is -3.80. The minimum absolute atomic E-state index is 0.0316. The van der Waals surface area contributed by atoms with Crippen LogP contribution in [-0.2, 0) is 10.0 Å². The fourth-order valence-corrected chi connectivity index (χ4v) is 3.42. The highest BCUT2D eigenvalue weighted by atomic mass is 79.9. The Morgan fingerprint density at radius 2 is 1.90 bits per heavy atom. The third-order valence-corrected chi connectivity index (χ3v) is 4.78. The molecule has 20 heavy (non-hydrogen) atoms. The van der Waals surface area contributed by atoms with Gasteiger partial charge in [0.25, 0.3) is 10.0 Å². The summed E-state index contributed by atoms with van der Waals surface area (Å²) < 4.78 is 27.9. The van der Waals surface area contributed by atoms with E-state index in [9.17, 15) is 8.42 Å². The number of halogens is 1. The van der Waals surface area contributed by atoms with Crippen molar-refractivity contribution in [2.75, 3.05) is 4.72 Å². The number of rotatable bonds is 3. The first-order valence-electron chi connectivity index (χ1n) is 5.72. The van der Waals surface area contributed by atoms with Crippen LogP contribution in [0.5, 0.6) is 0 Å². The lowest BCUT2D eigenvalue weighted by Crippen LogP contribution is -2.14. The molecule has 0 heterocycles. The predicted octanol–water partition coefficient (Wildman–Crippen LogP) is 3.43. The summed E-state index contributed by atoms with van der Waals surface area (Å²) in [5.41, 5.74) is 1.49. The quantitative estimate of drug-likeness (QED) is 0.921. The molecule has 0 aliphatic rings. The van der Waals surface area contributed by atoms with Crippen molar-refractivity contribution in [1.82, 2.24) is 0 Å². The lowest BCUT2D eigenvalue weighted by atomic mass is 10.2. The van der Waals surface area contributed by atoms with Crippen LogP contribution in [0.2, 0.25) is 0 Å². The highest BCUT2D eigenvalue weighted by Gasteiger charge is 2.19. The highest BCUT2D eigenvalue weighted by Crippen LogP contribution is 2.26. The summed E-state index contributed by atoms with van der Waals surface area (Å²) in [6, 6.07) is 13.3. The summed E-state index contributed by atoms with van der Waals surface area (Å²) in [5.74, 6) is 0. The number of anilines is 1. The van der Waals surface area contributed by atoms with Gasteiger partial charge in [-0.2, -0.15) is 5.26 Å². The van der Waals surface area contributed by atoms with Crippen molar-refractivity contribution < 1.29 is 8.42 Å². The van der Waals surface area contributed by atoms with E-state index < -0.39 is 10.0 Å². The van der Waals surface area contributed by atoms with Crippen LogP contribution in [0.15, 0.2) is 51.8 Å². The lowest BCUT2D eigenvalue weighted by molar-refractivity contribution is 0.601. The number of nitriles is 1. The monoisotopic (exact) mass is 350 g/mol. The van der Waals surface area contributed by atoms with Gasteiger partial charge in [0.05, 0.1) is 11.3 Å². The second kappa shape index (κ2) is 5.65. The van der Waals surface area contributed by atoms with Crippen LogP contribution in [0.1, 0.15) is 11.1 Å². The van der Waals surface area contributed by atoms with E-state index in [4.69, 9.17) is 5.26 Å². The molecule has 0 aromatic heterocycles. The molecule has 1 N–H and O–H groups in total. The number of nitrogens with zero attached hydrogens (tertiary/aromatic N) is 1. The minimum Gasteiger partial charge on any atom is -0.278 e. The highest BCUT2D eigenvalue weighted by molar-refractivity contribution is 9.10. The standard InChI is InChI=1S/C14H11BrN2O2S/c1-10-6-7-12(15)13(8-10)17-20(18,19)14-5-3-2-4-11(14)9-16/h2-8,17H,1H3. The average Bonchev–Trinajstić information content (AvgIpc) is 2.42. The first-order valence-corrected chi connectivity index (χ1v) is 8.00. The SMILES string of the molecule is Cc1ccc(Br)c(NS(=O)(=O)c2ccccc2C#N)c1. The van der Waals surface area contributed by atoms with Gasteiger partial charge in [0.2, 0.25) is 0 Å². The largest absolute Gasteiger partial charge is 0.278 e. The summed E-state index contributed by atoms with van der Waals surface area (Å²) in [6.07, 6.45) is 0. The van der Waals surface area contributed by atoms with E-state index in [0.717, 1.165) is 5.56 Å². The summed E-state index contributed by atoms with van der Waals surface area (Å²) in [4.78, 5) is -0.0316. The van der Waals surface area contributed by atoms with Crippen LogP contribution >= 0.6 is 15.9 Å². The molecule has 2 aromatic carbocycles. The van der Waals surface area contributed by atoms with Crippen LogP contribution < -0.4 is 4.72 Å². The Labute approximate surface area is 126 Å². The fraction of sp³-hybridized carbons (Fsp3) is 0.0714. The van der Waals surface area contributed by atoms with Crippen molar-refractivity contribution in [3.05, 3.63) is 58.1 Å². The molecule has 4 nitrogen and oxygen atoms in total. The second-order valence-corrected chi connectivity index (χ2v) is 6.70. The molecule has 0 amide bonds. The molecule has 0 saturated heterocycles. The number of benzene rings is 2. The summed E-state index contributed by atoms with van der Waals surface area (Å²) in [6.45, 7) is 1.87. The molecule has 0 aliphatic heterocycles. The summed E-state index contributed by atoms with van der Waals surface area (Å²) >= 11 is 3.30. The van der Waals surface area contributed by atoms with Gasteiger partial charge in [0.15, 0.2) is 0 Å². The van der Waals surface area contributed by atoms with Crippen LogP contribution in [0.3, 0.4) is 0 Å². The van der Waals surface area contributed by atoms with E-state index in [-0.39, 0.29) is 10.5 Å². The van der Waals surface area contributed by atoms with Gasteiger partial charge >= 0.3 is 0 Å². The number of sulfonamides is 1. The molecule has 0 fully saturated rings. The predicted molar refractivity (Wildman–Crippen MR) is 80.8 cm³/mol. The molecule has 0 unspecified atom stereocenters. The molecular weight excluding hydrogens is 340 g/mol. The maximum atomic E-state index is 12.4. The van der Waals surface area contributed by atoms with E-state index in [0.29, 0.717) is 10.2 Å². The Morgan fingerprint density at radius 1 is 1.20 bits per heavy atom. The fourth-order valence-electron chi connectivity index (χ4n) is 1.71. The van der Waals surface area contributed by atoms with Crippen molar-refractivity contribution in [2.24, 2.45) is 0 Å². The molecule has 2 rings (SSSR count). The van der Waals surface area contributed by atoms with Gasteiger partial charge in [-0.1, -0.05) is 18.2 Å². The molecule has 102 valence electrons. The van der Waals surface area contributed by atoms with E-state index in [1.54, 1.807) is 24.3 Å². The Kier molecular flexibility index (Phi) is 4.12. The molecule has 0 saturated carbocycles. The first kappa shape index (κ1) is 14.6. The number of hydrogen-bond acceptors (Lipinski definition) is 3. The van der Waals surface area contributed by atoms with Gasteiger partial charge in [-0.15, -0.1) is 0 Å². The van der Waals surface area contributed by atoms with Crippen LogP contribution in [0.25, 0.3) is 0 Å². The normalized spacial score (nSPS) is 10.8. The van der Waals surface area contributed by atoms with Crippen LogP contribution in [0.4, 0.5) is 5.69 Å². The lowest BCUT2D eigenvalue weighted by Gasteiger charge is -2.11. The summed E-state index contributed by atoms with van der Waals surface area (Å²) in [5, 5.41) is 9.00. The molecule has 0 spiro atoms. The Balaban J connectivity index is 2.47. The van der Waals surface area contributed by atoms with Crippen molar-refractivity contribution in [2.45, 2.75) is 11.8 Å². The number of hydrogen-bond donors (Lipinski definition) is 1. The third kappa shape index (κ3) is 3.00. The maximum absolute atomic E-state index is 12.4. The molecular formula is C14H11BrN2O2S. The van der Waals surface area contributed by atoms with E-state index in [1.807, 2.05) is 19.1 Å². The average molecular weight is 351 g/mol. The molecule has 0 radical (unpaired) electrons. The Bertz CT molecular complexity index is 795. The Hall–Kier alpha value is -1.84. The van der Waals surface area contributed by atoms with Crippen molar-refractivity contribution in [1.29, 1.82) is 5.26 Å². The van der Waals surface area contributed by atoms with E-state index in [2.05, 4.69) is 20.7 Å². The van der Waals surface area contributed by atoms with Gasteiger partial charge in [-0.3, -0.25) is 4.72 Å². The zero-order valence-electron chi connectivity index (χ0n) is 10.6. The van der Waals surface area contributed by atoms with Crippen LogP contribution in [-0.4, -0.2) is 8.42 Å². The molecule has 0 atom stereocenters. The van der Waals surface area contributed by atoms with Gasteiger partial charge < -0.3 is 0 Å². The minimum atomic E-state index is -3.80. The van der Waals surface area contributed by atoms with Gasteiger partial charge in [-0.25, -0.2) is 8.42 Å². The topological polar surface area (TPSA) is 70.0 Å². The van der Waals surface area contributed by atoms with Crippen molar-refractivity contribution in [3.63, 3.8) is 0 Å². The maximum Gasteiger partial charge on any atom is 0.263 e. The molecule has 0 aliphatic carbocycles. The van der Waals surface area contributed by atoms with E-state index >= 15 is 0 Å². The molecule has 2 aromatic rings. The van der Waals surface area contributed by atoms with E-state index in [1.165, 1.54) is 12.1 Å². The van der Waals surface area contributed by atoms with Gasteiger partial charge in [-0.05, 0) is 52.7 Å². The van der Waals surface area contributed by atoms with Crippen molar-refractivity contribution >= 4 is 31.6 Å². The Morgan fingerprint density at radius 3 is 2.60 bits per heavy atom.